The highest BCUT2D eigenvalue weighted by atomic mass is 35.5. The Hall–Kier alpha value is -2.19. The number of alkyl halides is 2. The zero-order valence-electron chi connectivity index (χ0n) is 12.2. The number of hydrogen-bond acceptors (Lipinski definition) is 4. The van der Waals surface area contributed by atoms with Crippen LogP contribution in [0.4, 0.5) is 20.2 Å². The second-order valence-corrected chi connectivity index (χ2v) is 7.03. The molecule has 128 valence electrons. The summed E-state index contributed by atoms with van der Waals surface area (Å²) in [5.41, 5.74) is 0.434. The second-order valence-electron chi connectivity index (χ2n) is 4.71. The summed E-state index contributed by atoms with van der Waals surface area (Å²) in [5.74, 6) is -4.01. The summed E-state index contributed by atoms with van der Waals surface area (Å²) < 4.78 is 48.6. The van der Waals surface area contributed by atoms with Crippen molar-refractivity contribution in [3.63, 3.8) is 0 Å². The third-order valence-corrected chi connectivity index (χ3v) is 4.69. The van der Waals surface area contributed by atoms with E-state index in [4.69, 9.17) is 11.6 Å². The molecule has 0 unspecified atom stereocenters. The van der Waals surface area contributed by atoms with E-state index in [0.29, 0.717) is 10.7 Å². The van der Waals surface area contributed by atoms with Gasteiger partial charge in [-0.05, 0) is 36.4 Å². The Kier molecular flexibility index (Phi) is 5.74. The van der Waals surface area contributed by atoms with Crippen molar-refractivity contribution in [3.8, 4) is 0 Å². The fraction of sp³-hybridized carbons (Fsp3) is 0.133. The monoisotopic (exact) mass is 374 g/mol. The molecule has 2 N–H and O–H groups in total. The van der Waals surface area contributed by atoms with Crippen molar-refractivity contribution in [2.24, 2.45) is 0 Å². The third kappa shape index (κ3) is 4.42. The molecule has 0 heterocycles. The van der Waals surface area contributed by atoms with Gasteiger partial charge >= 0.3 is 5.76 Å². The lowest BCUT2D eigenvalue weighted by atomic mass is 10.3. The highest BCUT2D eigenvalue weighted by Crippen LogP contribution is 2.25. The van der Waals surface area contributed by atoms with E-state index >= 15 is 0 Å². The van der Waals surface area contributed by atoms with Gasteiger partial charge in [-0.15, -0.1) is 0 Å². The lowest BCUT2D eigenvalue weighted by Gasteiger charge is -2.12. The van der Waals surface area contributed by atoms with E-state index in [0.717, 1.165) is 6.07 Å². The Morgan fingerprint density at radius 2 is 1.71 bits per heavy atom. The van der Waals surface area contributed by atoms with Crippen LogP contribution >= 0.6 is 11.6 Å². The standard InChI is InChI=1S/C15H13ClF2N2O3S/c16-10-5-7-11(8-6-10)20-14(21)9-19-12-3-1-2-4-13(12)24(22,23)15(17)18/h1-8,15,19H,9H2,(H,20,21). The van der Waals surface area contributed by atoms with Gasteiger partial charge in [0.1, 0.15) is 0 Å². The number of carbonyl (C=O) groups excluding carboxylic acids is 1. The van der Waals surface area contributed by atoms with Crippen molar-refractivity contribution < 1.29 is 22.0 Å². The average Bonchev–Trinajstić information content (AvgIpc) is 2.55. The van der Waals surface area contributed by atoms with Gasteiger partial charge in [-0.2, -0.15) is 8.78 Å². The van der Waals surface area contributed by atoms with Gasteiger partial charge in [0.05, 0.1) is 17.1 Å². The smallest absolute Gasteiger partial charge is 0.341 e. The van der Waals surface area contributed by atoms with E-state index in [1.807, 2.05) is 0 Å². The summed E-state index contributed by atoms with van der Waals surface area (Å²) in [4.78, 5) is 11.3. The van der Waals surface area contributed by atoms with Gasteiger partial charge in [-0.1, -0.05) is 23.7 Å². The van der Waals surface area contributed by atoms with Crippen molar-refractivity contribution in [1.82, 2.24) is 0 Å². The molecule has 9 heteroatoms. The predicted octanol–water partition coefficient (Wildman–Crippen LogP) is 3.39. The number of amides is 1. The highest BCUT2D eigenvalue weighted by Gasteiger charge is 2.29. The van der Waals surface area contributed by atoms with Gasteiger partial charge in [-0.3, -0.25) is 4.79 Å². The molecule has 0 atom stereocenters. The maximum absolute atomic E-state index is 12.7. The van der Waals surface area contributed by atoms with Gasteiger partial charge in [-0.25, -0.2) is 8.42 Å². The molecule has 0 saturated carbocycles. The van der Waals surface area contributed by atoms with E-state index in [9.17, 15) is 22.0 Å². The number of sulfone groups is 1. The van der Waals surface area contributed by atoms with E-state index in [1.165, 1.54) is 18.2 Å². The van der Waals surface area contributed by atoms with Gasteiger partial charge in [0.25, 0.3) is 0 Å². The number of para-hydroxylation sites is 1. The first-order valence-electron chi connectivity index (χ1n) is 6.71. The molecule has 0 aliphatic rings. The molecule has 24 heavy (non-hydrogen) atoms. The van der Waals surface area contributed by atoms with Crippen molar-refractivity contribution >= 4 is 38.7 Å². The quantitative estimate of drug-likeness (QED) is 0.812. The van der Waals surface area contributed by atoms with E-state index in [-0.39, 0.29) is 12.2 Å². The number of rotatable bonds is 6. The van der Waals surface area contributed by atoms with Crippen molar-refractivity contribution in [3.05, 3.63) is 53.6 Å². The number of anilines is 2. The Morgan fingerprint density at radius 3 is 2.33 bits per heavy atom. The normalized spacial score (nSPS) is 11.3. The maximum Gasteiger partial charge on any atom is 0.341 e. The number of hydrogen-bond donors (Lipinski definition) is 2. The van der Waals surface area contributed by atoms with E-state index in [2.05, 4.69) is 10.6 Å². The Bertz CT molecular complexity index is 827. The van der Waals surface area contributed by atoms with Gasteiger partial charge in [0.2, 0.25) is 15.7 Å². The van der Waals surface area contributed by atoms with Crippen molar-refractivity contribution in [2.45, 2.75) is 10.7 Å². The summed E-state index contributed by atoms with van der Waals surface area (Å²) >= 11 is 5.73. The number of nitrogens with one attached hydrogen (secondary N) is 2. The average molecular weight is 375 g/mol. The zero-order valence-corrected chi connectivity index (χ0v) is 13.7. The zero-order chi connectivity index (χ0) is 17.7. The van der Waals surface area contributed by atoms with Crippen LogP contribution < -0.4 is 10.6 Å². The molecule has 1 amide bonds. The molecular formula is C15H13ClF2N2O3S. The van der Waals surface area contributed by atoms with E-state index < -0.39 is 26.4 Å². The maximum atomic E-state index is 12.7. The molecule has 0 aliphatic carbocycles. The molecule has 2 aromatic carbocycles. The minimum absolute atomic E-state index is 0.0657. The lowest BCUT2D eigenvalue weighted by Crippen LogP contribution is -2.23. The van der Waals surface area contributed by atoms with Crippen LogP contribution in [0.1, 0.15) is 0 Å². The Morgan fingerprint density at radius 1 is 1.08 bits per heavy atom. The first kappa shape index (κ1) is 18.2. The van der Waals surface area contributed by atoms with Crippen LogP contribution in [0, 0.1) is 0 Å². The summed E-state index contributed by atoms with van der Waals surface area (Å²) in [5, 5.41) is 5.63. The molecule has 0 bridgehead atoms. The lowest BCUT2D eigenvalue weighted by molar-refractivity contribution is -0.114. The third-order valence-electron chi connectivity index (χ3n) is 3.00. The fourth-order valence-electron chi connectivity index (χ4n) is 1.87. The minimum atomic E-state index is -4.76. The summed E-state index contributed by atoms with van der Waals surface area (Å²) in [6.07, 6.45) is 0. The van der Waals surface area contributed by atoms with Crippen molar-refractivity contribution in [2.75, 3.05) is 17.2 Å². The first-order valence-corrected chi connectivity index (χ1v) is 8.63. The predicted molar refractivity (Wildman–Crippen MR) is 88.2 cm³/mol. The highest BCUT2D eigenvalue weighted by molar-refractivity contribution is 7.91. The molecular weight excluding hydrogens is 362 g/mol. The Labute approximate surface area is 142 Å². The van der Waals surface area contributed by atoms with Crippen molar-refractivity contribution in [1.29, 1.82) is 0 Å². The van der Waals surface area contributed by atoms with Crippen LogP contribution in [0.2, 0.25) is 5.02 Å². The number of halogens is 3. The molecule has 0 saturated heterocycles. The largest absolute Gasteiger partial charge is 0.375 e. The SMILES string of the molecule is O=C(CNc1ccccc1S(=O)(=O)C(F)F)Nc1ccc(Cl)cc1. The van der Waals surface area contributed by atoms with Gasteiger partial charge in [0, 0.05) is 10.7 Å². The van der Waals surface area contributed by atoms with Crippen LogP contribution in [0.5, 0.6) is 0 Å². The molecule has 0 fully saturated rings. The summed E-state index contributed by atoms with van der Waals surface area (Å²) in [6, 6.07) is 11.5. The minimum Gasteiger partial charge on any atom is -0.375 e. The number of carbonyl (C=O) groups is 1. The fourth-order valence-corrected chi connectivity index (χ4v) is 2.90. The molecule has 0 radical (unpaired) electrons. The van der Waals surface area contributed by atoms with Gasteiger partial charge in [0.15, 0.2) is 0 Å². The Balaban J connectivity index is 2.07. The summed E-state index contributed by atoms with van der Waals surface area (Å²) in [6.45, 7) is -0.293. The number of benzene rings is 2. The molecule has 0 aromatic heterocycles. The summed E-state index contributed by atoms with van der Waals surface area (Å²) in [7, 11) is -4.76. The van der Waals surface area contributed by atoms with Crippen LogP contribution in [0.3, 0.4) is 0 Å². The van der Waals surface area contributed by atoms with Crippen LogP contribution in [-0.4, -0.2) is 26.6 Å². The first-order chi connectivity index (χ1) is 11.3. The topological polar surface area (TPSA) is 75.3 Å². The molecule has 5 nitrogen and oxygen atoms in total. The van der Waals surface area contributed by atoms with E-state index in [1.54, 1.807) is 24.3 Å². The van der Waals surface area contributed by atoms with Crippen LogP contribution in [0.25, 0.3) is 0 Å². The second kappa shape index (κ2) is 7.59. The van der Waals surface area contributed by atoms with Crippen LogP contribution in [0.15, 0.2) is 53.4 Å². The van der Waals surface area contributed by atoms with Gasteiger partial charge < -0.3 is 10.6 Å². The van der Waals surface area contributed by atoms with Crippen LogP contribution in [-0.2, 0) is 14.6 Å². The molecule has 2 rings (SSSR count). The molecule has 2 aromatic rings. The molecule has 0 spiro atoms. The molecule has 0 aliphatic heterocycles.